The first-order valence-corrected chi connectivity index (χ1v) is 13.6. The Labute approximate surface area is 224 Å². The summed E-state index contributed by atoms with van der Waals surface area (Å²) in [5.74, 6) is -1.82. The number of hydrogen-bond acceptors (Lipinski definition) is 8. The van der Waals surface area contributed by atoms with Gasteiger partial charge in [-0.2, -0.15) is 0 Å². The van der Waals surface area contributed by atoms with E-state index < -0.39 is 42.4 Å². The standard InChI is InChI=1S/C25H33N3O7S2/c1-16(2)6-9-18(15-37-22-5-4-12-36-22)24(32)28(34)25(33)27-20(23(31)26-3)13-17-7-10-19(11-8-17)35-14-21(29)30/h4-5,7-8,10-12,16,18,20,34H,6,9,13-15H2,1-3H3,(H,26,31)(H,27,33)(H,29,30)/t18-,20+/m1/s1. The van der Waals surface area contributed by atoms with Crippen molar-refractivity contribution in [3.8, 4) is 5.75 Å². The van der Waals surface area contributed by atoms with Gasteiger partial charge in [0.05, 0.1) is 10.1 Å². The molecule has 0 unspecified atom stereocenters. The van der Waals surface area contributed by atoms with Gasteiger partial charge in [0.15, 0.2) is 6.61 Å². The van der Waals surface area contributed by atoms with Crippen LogP contribution >= 0.6 is 23.1 Å². The van der Waals surface area contributed by atoms with Crippen molar-refractivity contribution in [1.82, 2.24) is 15.7 Å². The second kappa shape index (κ2) is 15.2. The highest BCUT2D eigenvalue weighted by atomic mass is 32.2. The predicted molar refractivity (Wildman–Crippen MR) is 141 cm³/mol. The largest absolute Gasteiger partial charge is 0.482 e. The summed E-state index contributed by atoms with van der Waals surface area (Å²) >= 11 is 3.05. The SMILES string of the molecule is CNC(=O)[C@H](Cc1ccc(OCC(=O)O)cc1)NC(=O)N(O)C(=O)[C@H](CCC(C)C)CSc1cccs1. The van der Waals surface area contributed by atoms with Crippen LogP contribution in [0.15, 0.2) is 46.0 Å². The number of carbonyl (C=O) groups is 4. The number of carbonyl (C=O) groups excluding carboxylic acids is 3. The highest BCUT2D eigenvalue weighted by Crippen LogP contribution is 2.28. The zero-order valence-corrected chi connectivity index (χ0v) is 22.6. The number of hydrogen-bond donors (Lipinski definition) is 4. The van der Waals surface area contributed by atoms with E-state index in [-0.39, 0.29) is 11.5 Å². The molecule has 0 aliphatic heterocycles. The Hall–Kier alpha value is -3.09. The van der Waals surface area contributed by atoms with Crippen LogP contribution in [0.2, 0.25) is 0 Å². The molecule has 37 heavy (non-hydrogen) atoms. The van der Waals surface area contributed by atoms with Gasteiger partial charge in [0.2, 0.25) is 5.91 Å². The number of thioether (sulfide) groups is 1. The molecule has 12 heteroatoms. The Balaban J connectivity index is 2.05. The van der Waals surface area contributed by atoms with Crippen LogP contribution in [0, 0.1) is 11.8 Å². The average Bonchev–Trinajstić information content (AvgIpc) is 3.40. The normalized spacial score (nSPS) is 12.5. The number of ether oxygens (including phenoxy) is 1. The van der Waals surface area contributed by atoms with Crippen LogP contribution in [0.25, 0.3) is 0 Å². The number of benzene rings is 1. The highest BCUT2D eigenvalue weighted by molar-refractivity contribution is 8.01. The summed E-state index contributed by atoms with van der Waals surface area (Å²) in [5, 5.41) is 26.1. The molecule has 202 valence electrons. The van der Waals surface area contributed by atoms with Crippen LogP contribution in [0.1, 0.15) is 32.3 Å². The number of rotatable bonds is 14. The van der Waals surface area contributed by atoms with Crippen LogP contribution in [0.5, 0.6) is 5.75 Å². The summed E-state index contributed by atoms with van der Waals surface area (Å²) in [6.07, 6.45) is 1.33. The van der Waals surface area contributed by atoms with Crippen LogP contribution < -0.4 is 15.4 Å². The van der Waals surface area contributed by atoms with E-state index >= 15 is 0 Å². The lowest BCUT2D eigenvalue weighted by Gasteiger charge is -2.24. The molecule has 0 aliphatic carbocycles. The second-order valence-electron chi connectivity index (χ2n) is 8.71. The molecular weight excluding hydrogens is 518 g/mol. The van der Waals surface area contributed by atoms with E-state index in [4.69, 9.17) is 9.84 Å². The van der Waals surface area contributed by atoms with Gasteiger partial charge in [-0.05, 0) is 41.5 Å². The Morgan fingerprint density at radius 3 is 2.38 bits per heavy atom. The molecule has 10 nitrogen and oxygen atoms in total. The summed E-state index contributed by atoms with van der Waals surface area (Å²) in [7, 11) is 1.41. The van der Waals surface area contributed by atoms with E-state index in [2.05, 4.69) is 10.6 Å². The minimum atomic E-state index is -1.11. The summed E-state index contributed by atoms with van der Waals surface area (Å²) in [6.45, 7) is 3.59. The molecule has 4 N–H and O–H groups in total. The summed E-state index contributed by atoms with van der Waals surface area (Å²) < 4.78 is 6.13. The Bertz CT molecular complexity index is 1030. The van der Waals surface area contributed by atoms with Gasteiger partial charge in [0, 0.05) is 19.2 Å². The number of hydroxylamine groups is 2. The molecule has 0 radical (unpaired) electrons. The molecule has 0 saturated carbocycles. The second-order valence-corrected chi connectivity index (χ2v) is 11.0. The third-order valence-electron chi connectivity index (χ3n) is 5.35. The predicted octanol–water partition coefficient (Wildman–Crippen LogP) is 3.64. The van der Waals surface area contributed by atoms with Gasteiger partial charge in [-0.25, -0.2) is 9.59 Å². The van der Waals surface area contributed by atoms with Crippen molar-refractivity contribution in [2.75, 3.05) is 19.4 Å². The van der Waals surface area contributed by atoms with Gasteiger partial charge in [0.1, 0.15) is 11.8 Å². The first-order valence-electron chi connectivity index (χ1n) is 11.8. The average molecular weight is 552 g/mol. The minimum absolute atomic E-state index is 0.0671. The smallest absolute Gasteiger partial charge is 0.349 e. The van der Waals surface area contributed by atoms with E-state index in [1.807, 2.05) is 31.4 Å². The molecule has 2 aromatic rings. The third kappa shape index (κ3) is 10.4. The van der Waals surface area contributed by atoms with Gasteiger partial charge < -0.3 is 20.5 Å². The molecule has 2 rings (SSSR count). The third-order valence-corrected chi connectivity index (χ3v) is 7.64. The molecule has 0 saturated heterocycles. The van der Waals surface area contributed by atoms with Gasteiger partial charge in [-0.15, -0.1) is 28.2 Å². The molecule has 0 fully saturated rings. The lowest BCUT2D eigenvalue weighted by atomic mass is 9.98. The molecule has 4 amide bonds. The lowest BCUT2D eigenvalue weighted by molar-refractivity contribution is -0.157. The van der Waals surface area contributed by atoms with E-state index in [0.29, 0.717) is 29.4 Å². The van der Waals surface area contributed by atoms with Gasteiger partial charge in [0.25, 0.3) is 5.91 Å². The Morgan fingerprint density at radius 1 is 1.11 bits per heavy atom. The molecule has 1 aromatic heterocycles. The van der Waals surface area contributed by atoms with Crippen molar-refractivity contribution in [2.24, 2.45) is 11.8 Å². The quantitative estimate of drug-likeness (QED) is 0.158. The van der Waals surface area contributed by atoms with E-state index in [1.165, 1.54) is 18.8 Å². The molecule has 1 aromatic carbocycles. The molecule has 0 bridgehead atoms. The molecule has 2 atom stereocenters. The monoisotopic (exact) mass is 551 g/mol. The fourth-order valence-corrected chi connectivity index (χ4v) is 5.25. The number of thiophene rings is 1. The summed E-state index contributed by atoms with van der Waals surface area (Å²) in [6, 6.07) is 8.06. The molecule has 0 spiro atoms. The van der Waals surface area contributed by atoms with Crippen LogP contribution in [-0.4, -0.2) is 64.6 Å². The van der Waals surface area contributed by atoms with Gasteiger partial charge in [-0.3, -0.25) is 14.8 Å². The molecular formula is C25H33N3O7S2. The van der Waals surface area contributed by atoms with Crippen molar-refractivity contribution < 1.29 is 34.2 Å². The maximum atomic E-state index is 13.0. The minimum Gasteiger partial charge on any atom is -0.482 e. The Morgan fingerprint density at radius 2 is 1.81 bits per heavy atom. The number of urea groups is 1. The number of imide groups is 1. The topological polar surface area (TPSA) is 145 Å². The number of likely N-dealkylation sites (N-methyl/N-ethyl adjacent to an activating group) is 1. The summed E-state index contributed by atoms with van der Waals surface area (Å²) in [5.41, 5.74) is 0.648. The fourth-order valence-electron chi connectivity index (χ4n) is 3.31. The first kappa shape index (κ1) is 30.1. The van der Waals surface area contributed by atoms with Crippen molar-refractivity contribution in [2.45, 2.75) is 43.4 Å². The number of aliphatic carboxylic acids is 1. The number of carboxylic acid groups (broad SMARTS) is 1. The number of nitrogens with zero attached hydrogens (tertiary/aromatic N) is 1. The van der Waals surface area contributed by atoms with Gasteiger partial charge in [-0.1, -0.05) is 38.5 Å². The fraction of sp³-hybridized carbons (Fsp3) is 0.440. The Kier molecular flexibility index (Phi) is 12.4. The maximum Gasteiger partial charge on any atom is 0.349 e. The van der Waals surface area contributed by atoms with Crippen LogP contribution in [0.4, 0.5) is 4.79 Å². The van der Waals surface area contributed by atoms with E-state index in [0.717, 1.165) is 10.6 Å². The van der Waals surface area contributed by atoms with E-state index in [1.54, 1.807) is 35.6 Å². The zero-order valence-electron chi connectivity index (χ0n) is 21.0. The number of amides is 4. The molecule has 0 aliphatic rings. The van der Waals surface area contributed by atoms with Crippen molar-refractivity contribution >= 4 is 46.9 Å². The maximum absolute atomic E-state index is 13.0. The van der Waals surface area contributed by atoms with Crippen LogP contribution in [0.3, 0.4) is 0 Å². The van der Waals surface area contributed by atoms with E-state index in [9.17, 15) is 24.4 Å². The first-order chi connectivity index (χ1) is 17.6. The number of nitrogens with one attached hydrogen (secondary N) is 2. The van der Waals surface area contributed by atoms with Gasteiger partial charge >= 0.3 is 12.0 Å². The molecule has 1 heterocycles. The lowest BCUT2D eigenvalue weighted by Crippen LogP contribution is -2.53. The van der Waals surface area contributed by atoms with Crippen molar-refractivity contribution in [1.29, 1.82) is 0 Å². The summed E-state index contributed by atoms with van der Waals surface area (Å²) in [4.78, 5) is 48.9. The number of carboxylic acids is 1. The van der Waals surface area contributed by atoms with Crippen molar-refractivity contribution in [3.05, 3.63) is 47.3 Å². The highest BCUT2D eigenvalue weighted by Gasteiger charge is 2.31. The zero-order chi connectivity index (χ0) is 27.4. The van der Waals surface area contributed by atoms with Crippen molar-refractivity contribution in [3.63, 3.8) is 0 Å². The van der Waals surface area contributed by atoms with Crippen LogP contribution in [-0.2, 0) is 20.8 Å².